The van der Waals surface area contributed by atoms with E-state index in [1.807, 2.05) is 30.3 Å². The molecule has 0 saturated carbocycles. The van der Waals surface area contributed by atoms with Crippen molar-refractivity contribution >= 4 is 47.7 Å². The van der Waals surface area contributed by atoms with Gasteiger partial charge in [0.2, 0.25) is 0 Å². The van der Waals surface area contributed by atoms with Gasteiger partial charge in [-0.05, 0) is 36.4 Å². The molecule has 1 amide bonds. The number of fused-ring (bicyclic) bond motifs is 3. The third kappa shape index (κ3) is 2.87. The van der Waals surface area contributed by atoms with Gasteiger partial charge in [0.1, 0.15) is 5.75 Å². The van der Waals surface area contributed by atoms with E-state index in [0.717, 1.165) is 4.57 Å². The molecule has 1 aliphatic heterocycles. The molecule has 0 saturated heterocycles. The van der Waals surface area contributed by atoms with Crippen molar-refractivity contribution in [3.8, 4) is 5.75 Å². The zero-order valence-corrected chi connectivity index (χ0v) is 20.1. The summed E-state index contributed by atoms with van der Waals surface area (Å²) >= 11 is 0. The van der Waals surface area contributed by atoms with Crippen molar-refractivity contribution in [2.75, 3.05) is 4.57 Å². The predicted molar refractivity (Wildman–Crippen MR) is 139 cm³/mol. The van der Waals surface area contributed by atoms with Gasteiger partial charge in [0.25, 0.3) is 0 Å². The van der Waals surface area contributed by atoms with Crippen molar-refractivity contribution in [1.29, 1.82) is 0 Å². The third-order valence-electron chi connectivity index (χ3n) is 6.47. The topological polar surface area (TPSA) is 99.8 Å². The molecule has 0 spiro atoms. The second-order valence-electron chi connectivity index (χ2n) is 8.50. The molecule has 1 atom stereocenters. The summed E-state index contributed by atoms with van der Waals surface area (Å²) in [5.74, 6) is -1.10. The molecule has 0 bridgehead atoms. The van der Waals surface area contributed by atoms with Gasteiger partial charge in [-0.3, -0.25) is 4.57 Å². The fourth-order valence-corrected chi connectivity index (χ4v) is 8.74. The van der Waals surface area contributed by atoms with E-state index in [1.54, 1.807) is 72.8 Å². The number of nitrogens with zero attached hydrogens (tertiary/aromatic N) is 3. The molecule has 7 rings (SSSR count). The normalized spacial score (nSPS) is 16.7. The van der Waals surface area contributed by atoms with Gasteiger partial charge >= 0.3 is 26.2 Å². The van der Waals surface area contributed by atoms with Crippen LogP contribution in [0.1, 0.15) is 0 Å². The van der Waals surface area contributed by atoms with Crippen LogP contribution in [0.5, 0.6) is 5.75 Å². The second-order valence-corrected chi connectivity index (χ2v) is 11.4. The summed E-state index contributed by atoms with van der Waals surface area (Å²) in [5.41, 5.74) is 1.83. The van der Waals surface area contributed by atoms with Crippen molar-refractivity contribution in [2.24, 2.45) is 0 Å². The first-order valence-electron chi connectivity index (χ1n) is 11.5. The van der Waals surface area contributed by atoms with Gasteiger partial charge in [-0.2, -0.15) is 4.57 Å². The number of anilines is 1. The van der Waals surface area contributed by atoms with Gasteiger partial charge in [0, 0.05) is 5.19 Å². The van der Waals surface area contributed by atoms with Gasteiger partial charge < -0.3 is 13.3 Å². The second kappa shape index (κ2) is 7.70. The highest BCUT2D eigenvalue weighted by molar-refractivity contribution is 6.93. The molecule has 0 aliphatic carbocycles. The van der Waals surface area contributed by atoms with Crippen LogP contribution in [0.15, 0.2) is 122 Å². The molecule has 1 unspecified atom stereocenters. The summed E-state index contributed by atoms with van der Waals surface area (Å²) in [6, 6.07) is 29.0. The summed E-state index contributed by atoms with van der Waals surface area (Å²) in [6.07, 6.45) is 0. The number of oxazole rings is 2. The first kappa shape index (κ1) is 21.2. The van der Waals surface area contributed by atoms with Crippen molar-refractivity contribution in [3.05, 3.63) is 124 Å². The van der Waals surface area contributed by atoms with Crippen LogP contribution < -0.4 is 25.7 Å². The SMILES string of the molecule is O=C(N1c2ccccc2O[Si]1(c1ccccc1)n1c(=O)oc2ccccc21)n1c(=O)oc2ccccc21. The lowest BCUT2D eigenvalue weighted by molar-refractivity contribution is 0.249. The quantitative estimate of drug-likeness (QED) is 0.331. The molecular weight excluding hydrogens is 490 g/mol. The monoisotopic (exact) mass is 507 g/mol. The first-order valence-corrected chi connectivity index (χ1v) is 13.3. The van der Waals surface area contributed by atoms with Crippen molar-refractivity contribution in [2.45, 2.75) is 0 Å². The molecule has 37 heavy (non-hydrogen) atoms. The number of amides is 1. The lowest BCUT2D eigenvalue weighted by Crippen LogP contribution is -2.74. The Hall–Kier alpha value is -5.09. The first-order chi connectivity index (χ1) is 18.1. The van der Waals surface area contributed by atoms with Crippen LogP contribution in [-0.2, 0) is 0 Å². The summed E-state index contributed by atoms with van der Waals surface area (Å²) in [6.45, 7) is 0. The van der Waals surface area contributed by atoms with Crippen LogP contribution in [0.4, 0.5) is 10.5 Å². The van der Waals surface area contributed by atoms with Crippen LogP contribution in [0.2, 0.25) is 0 Å². The van der Waals surface area contributed by atoms with Crippen LogP contribution in [0.3, 0.4) is 0 Å². The Labute approximate surface area is 209 Å². The molecule has 9 nitrogen and oxygen atoms in total. The van der Waals surface area contributed by atoms with Crippen LogP contribution in [0.25, 0.3) is 22.2 Å². The third-order valence-corrected chi connectivity index (χ3v) is 10.1. The summed E-state index contributed by atoms with van der Waals surface area (Å²) in [5, 5.41) is 0.606. The van der Waals surface area contributed by atoms with Gasteiger partial charge in [0.05, 0.1) is 16.7 Å². The van der Waals surface area contributed by atoms with Crippen molar-refractivity contribution < 1.29 is 18.1 Å². The Kier molecular flexibility index (Phi) is 4.42. The smallest absolute Gasteiger partial charge is 0.504 e. The van der Waals surface area contributed by atoms with Gasteiger partial charge in [-0.15, -0.1) is 0 Å². The minimum Gasteiger partial charge on any atom is -0.504 e. The number of aromatic nitrogens is 2. The number of carbonyl (C=O) groups excluding carboxylic acids is 1. The average Bonchev–Trinajstić information content (AvgIpc) is 3.56. The lowest BCUT2D eigenvalue weighted by atomic mass is 10.3. The molecule has 6 aromatic rings. The Morgan fingerprint density at radius 1 is 0.649 bits per heavy atom. The van der Waals surface area contributed by atoms with Gasteiger partial charge in [-0.25, -0.2) is 18.6 Å². The number of hydrogen-bond donors (Lipinski definition) is 0. The zero-order valence-electron chi connectivity index (χ0n) is 19.1. The van der Waals surface area contributed by atoms with Gasteiger partial charge in [-0.1, -0.05) is 66.7 Å². The van der Waals surface area contributed by atoms with E-state index < -0.39 is 26.2 Å². The molecule has 2 aromatic heterocycles. The highest BCUT2D eigenvalue weighted by Crippen LogP contribution is 2.41. The molecule has 1 aliphatic rings. The minimum absolute atomic E-state index is 0.271. The van der Waals surface area contributed by atoms with Gasteiger partial charge in [0.15, 0.2) is 11.2 Å². The highest BCUT2D eigenvalue weighted by Gasteiger charge is 2.61. The number of rotatable bonds is 2. The Morgan fingerprint density at radius 3 is 2.03 bits per heavy atom. The minimum atomic E-state index is -4.01. The number of para-hydroxylation sites is 6. The number of hydrogen-bond acceptors (Lipinski definition) is 6. The highest BCUT2D eigenvalue weighted by atomic mass is 28.4. The van der Waals surface area contributed by atoms with Crippen molar-refractivity contribution in [3.63, 3.8) is 0 Å². The van der Waals surface area contributed by atoms with Crippen LogP contribution >= 0.6 is 0 Å². The Balaban J connectivity index is 1.60. The lowest BCUT2D eigenvalue weighted by Gasteiger charge is -2.33. The van der Waals surface area contributed by atoms with E-state index in [-0.39, 0.29) is 5.58 Å². The van der Waals surface area contributed by atoms with E-state index in [1.165, 1.54) is 8.80 Å². The molecule has 0 radical (unpaired) electrons. The maximum absolute atomic E-state index is 14.5. The molecule has 4 aromatic carbocycles. The van der Waals surface area contributed by atoms with E-state index in [0.29, 0.717) is 33.2 Å². The van der Waals surface area contributed by atoms with E-state index in [9.17, 15) is 14.4 Å². The average molecular weight is 508 g/mol. The standard InChI is InChI=1S/C27H17N3O6Si/c31-25(28-19-12-4-7-15-22(19)34-26(28)32)29-21-14-6-9-17-24(21)36-37(29,18-10-2-1-3-11-18)30-20-13-5-8-16-23(20)35-27(30)33/h1-17H. The van der Waals surface area contributed by atoms with E-state index in [4.69, 9.17) is 13.3 Å². The van der Waals surface area contributed by atoms with E-state index >= 15 is 0 Å². The molecule has 0 N–H and O–H groups in total. The van der Waals surface area contributed by atoms with Crippen LogP contribution in [0, 0.1) is 0 Å². The Bertz CT molecular complexity index is 1950. The number of benzene rings is 4. The maximum Gasteiger partial charge on any atom is 0.535 e. The summed E-state index contributed by atoms with van der Waals surface area (Å²) < 4.78 is 21.5. The predicted octanol–water partition coefficient (Wildman–Crippen LogP) is 3.76. The molecular formula is C27H17N3O6Si. The zero-order chi connectivity index (χ0) is 25.1. The summed E-state index contributed by atoms with van der Waals surface area (Å²) in [4.78, 5) is 41.0. The van der Waals surface area contributed by atoms with E-state index in [2.05, 4.69) is 0 Å². The largest absolute Gasteiger partial charge is 0.535 e. The number of carbonyl (C=O) groups is 1. The molecule has 10 heteroatoms. The van der Waals surface area contributed by atoms with Crippen LogP contribution in [-0.4, -0.2) is 23.5 Å². The fourth-order valence-electron chi connectivity index (χ4n) is 4.94. The summed E-state index contributed by atoms with van der Waals surface area (Å²) in [7, 11) is -4.01. The Morgan fingerprint density at radius 2 is 1.24 bits per heavy atom. The molecule has 0 fully saturated rings. The molecule has 180 valence electrons. The maximum atomic E-state index is 14.5. The van der Waals surface area contributed by atoms with Crippen molar-refractivity contribution in [1.82, 2.24) is 8.80 Å². The fraction of sp³-hybridized carbons (Fsp3) is 0. The molecule has 3 heterocycles.